The topological polar surface area (TPSA) is 89.7 Å². The van der Waals surface area contributed by atoms with Crippen LogP contribution < -0.4 is 4.74 Å². The molecule has 0 bridgehead atoms. The summed E-state index contributed by atoms with van der Waals surface area (Å²) in [7, 11) is 0. The first-order chi connectivity index (χ1) is 8.81. The minimum Gasteiger partial charge on any atom is -0.480 e. The van der Waals surface area contributed by atoms with Crippen LogP contribution in [0.15, 0.2) is 17.8 Å². The van der Waals surface area contributed by atoms with Crippen LogP contribution in [0.25, 0.3) is 6.08 Å². The van der Waals surface area contributed by atoms with Crippen molar-refractivity contribution in [3.8, 4) is 5.75 Å². The number of carbonyl (C=O) groups is 1. The molecule has 6 nitrogen and oxygen atoms in total. The Morgan fingerprint density at radius 3 is 2.68 bits per heavy atom. The molecule has 8 heteroatoms. The lowest BCUT2D eigenvalue weighted by Crippen LogP contribution is -2.10. The Morgan fingerprint density at radius 1 is 1.53 bits per heavy atom. The van der Waals surface area contributed by atoms with Crippen LogP contribution in [0, 0.1) is 10.1 Å². The average Bonchev–Trinajstić information content (AvgIpc) is 2.26. The van der Waals surface area contributed by atoms with Gasteiger partial charge in [-0.05, 0) is 12.1 Å². The van der Waals surface area contributed by atoms with Crippen molar-refractivity contribution < 1.29 is 19.6 Å². The second-order valence-corrected chi connectivity index (χ2v) is 4.37. The Morgan fingerprint density at radius 2 is 2.16 bits per heavy atom. The lowest BCUT2D eigenvalue weighted by molar-refractivity contribution is -0.422. The molecule has 0 saturated carbocycles. The van der Waals surface area contributed by atoms with Crippen LogP contribution in [0.3, 0.4) is 0 Å². The predicted molar refractivity (Wildman–Crippen MR) is 70.2 cm³/mol. The number of allylic oxidation sites excluding steroid dienone is 1. The van der Waals surface area contributed by atoms with Crippen LogP contribution in [0.1, 0.15) is 12.5 Å². The molecule has 1 N–H and O–H groups in total. The van der Waals surface area contributed by atoms with E-state index in [9.17, 15) is 14.9 Å². The van der Waals surface area contributed by atoms with Gasteiger partial charge in [-0.2, -0.15) is 0 Å². The second kappa shape index (κ2) is 6.40. The summed E-state index contributed by atoms with van der Waals surface area (Å²) in [5.41, 5.74) is 0.0893. The van der Waals surface area contributed by atoms with Crippen molar-refractivity contribution in [1.82, 2.24) is 0 Å². The highest BCUT2D eigenvalue weighted by Crippen LogP contribution is 2.33. The average molecular weight is 306 g/mol. The van der Waals surface area contributed by atoms with Crippen molar-refractivity contribution in [1.29, 1.82) is 0 Å². The Balaban J connectivity index is 3.23. The molecule has 0 aliphatic carbocycles. The summed E-state index contributed by atoms with van der Waals surface area (Å²) in [6.45, 7) is 0.676. The van der Waals surface area contributed by atoms with E-state index in [4.69, 9.17) is 33.0 Å². The van der Waals surface area contributed by atoms with Gasteiger partial charge in [-0.3, -0.25) is 10.1 Å². The molecule has 0 heterocycles. The van der Waals surface area contributed by atoms with Crippen LogP contribution in [0.4, 0.5) is 0 Å². The molecule has 0 aromatic heterocycles. The zero-order valence-electron chi connectivity index (χ0n) is 9.72. The number of hydrogen-bond acceptors (Lipinski definition) is 4. The molecule has 0 unspecified atom stereocenters. The molecule has 0 aliphatic heterocycles. The quantitative estimate of drug-likeness (QED) is 0.667. The third-order valence-corrected chi connectivity index (χ3v) is 2.53. The smallest absolute Gasteiger partial charge is 0.341 e. The van der Waals surface area contributed by atoms with Crippen molar-refractivity contribution in [2.45, 2.75) is 6.92 Å². The van der Waals surface area contributed by atoms with E-state index >= 15 is 0 Å². The fraction of sp³-hybridized carbons (Fsp3) is 0.182. The van der Waals surface area contributed by atoms with Crippen LogP contribution >= 0.6 is 23.2 Å². The van der Waals surface area contributed by atoms with E-state index < -0.39 is 17.5 Å². The highest BCUT2D eigenvalue weighted by molar-refractivity contribution is 6.35. The minimum atomic E-state index is -1.19. The number of benzene rings is 1. The zero-order valence-corrected chi connectivity index (χ0v) is 11.2. The molecule has 19 heavy (non-hydrogen) atoms. The number of halogens is 2. The first-order valence-electron chi connectivity index (χ1n) is 4.97. The van der Waals surface area contributed by atoms with Gasteiger partial charge in [-0.25, -0.2) is 4.79 Å². The van der Waals surface area contributed by atoms with E-state index in [1.165, 1.54) is 25.1 Å². The van der Waals surface area contributed by atoms with Crippen molar-refractivity contribution in [3.63, 3.8) is 0 Å². The molecule has 0 aliphatic rings. The Kier molecular flexibility index (Phi) is 5.14. The number of ether oxygens (including phenoxy) is 1. The lowest BCUT2D eigenvalue weighted by atomic mass is 10.1. The predicted octanol–water partition coefficient (Wildman–Crippen LogP) is 3.09. The second-order valence-electron chi connectivity index (χ2n) is 3.53. The van der Waals surface area contributed by atoms with Crippen molar-refractivity contribution in [2.75, 3.05) is 6.61 Å². The van der Waals surface area contributed by atoms with Crippen LogP contribution in [-0.2, 0) is 4.79 Å². The standard InChI is InChI=1S/C11H9Cl2NO5/c1-6(14(17)18)2-7-3-8(12)4-9(13)11(7)19-5-10(15)16/h2-4H,5H2,1H3,(H,15,16)/b6-2+. The number of nitro groups is 1. The van der Waals surface area contributed by atoms with Gasteiger partial charge in [0.2, 0.25) is 5.70 Å². The number of rotatable bonds is 5. The molecule has 0 radical (unpaired) electrons. The van der Waals surface area contributed by atoms with Gasteiger partial charge in [0.15, 0.2) is 6.61 Å². The fourth-order valence-corrected chi connectivity index (χ4v) is 1.82. The van der Waals surface area contributed by atoms with Crippen LogP contribution in [-0.4, -0.2) is 22.6 Å². The van der Waals surface area contributed by atoms with Gasteiger partial charge >= 0.3 is 5.97 Å². The van der Waals surface area contributed by atoms with E-state index in [0.717, 1.165) is 0 Å². The summed E-state index contributed by atoms with van der Waals surface area (Å²) in [6, 6.07) is 2.76. The molecule has 1 rings (SSSR count). The highest BCUT2D eigenvalue weighted by atomic mass is 35.5. The Labute approximate surface area is 118 Å². The highest BCUT2D eigenvalue weighted by Gasteiger charge is 2.13. The van der Waals surface area contributed by atoms with Gasteiger partial charge in [0.05, 0.1) is 9.95 Å². The molecule has 0 spiro atoms. The number of nitrogens with zero attached hydrogens (tertiary/aromatic N) is 1. The van der Waals surface area contributed by atoms with E-state index in [-0.39, 0.29) is 27.1 Å². The summed E-state index contributed by atoms with van der Waals surface area (Å²) in [4.78, 5) is 20.5. The normalized spacial score (nSPS) is 11.2. The maximum Gasteiger partial charge on any atom is 0.341 e. The molecular weight excluding hydrogens is 297 g/mol. The largest absolute Gasteiger partial charge is 0.480 e. The monoisotopic (exact) mass is 305 g/mol. The number of hydrogen-bond donors (Lipinski definition) is 1. The van der Waals surface area contributed by atoms with Gasteiger partial charge in [-0.1, -0.05) is 23.2 Å². The molecule has 0 fully saturated rings. The Bertz CT molecular complexity index is 556. The van der Waals surface area contributed by atoms with Crippen molar-refractivity contribution in [2.24, 2.45) is 0 Å². The fourth-order valence-electron chi connectivity index (χ4n) is 1.25. The maximum absolute atomic E-state index is 10.6. The van der Waals surface area contributed by atoms with Gasteiger partial charge in [0.1, 0.15) is 5.75 Å². The Hall–Kier alpha value is -1.79. The summed E-state index contributed by atoms with van der Waals surface area (Å²) in [5, 5.41) is 19.5. The molecule has 0 saturated heterocycles. The summed E-state index contributed by atoms with van der Waals surface area (Å²) in [5.74, 6) is -1.15. The van der Waals surface area contributed by atoms with E-state index in [1.807, 2.05) is 0 Å². The van der Waals surface area contributed by atoms with Crippen LogP contribution in [0.5, 0.6) is 5.75 Å². The number of carboxylic acid groups (broad SMARTS) is 1. The summed E-state index contributed by atoms with van der Waals surface area (Å²) < 4.78 is 5.01. The number of carboxylic acids is 1. The van der Waals surface area contributed by atoms with Gasteiger partial charge in [0, 0.05) is 23.6 Å². The van der Waals surface area contributed by atoms with E-state index in [0.29, 0.717) is 0 Å². The van der Waals surface area contributed by atoms with E-state index in [1.54, 1.807) is 0 Å². The van der Waals surface area contributed by atoms with Gasteiger partial charge in [0.25, 0.3) is 0 Å². The molecule has 1 aromatic rings. The third kappa shape index (κ3) is 4.42. The van der Waals surface area contributed by atoms with Crippen molar-refractivity contribution >= 4 is 35.2 Å². The lowest BCUT2D eigenvalue weighted by Gasteiger charge is -2.09. The first kappa shape index (κ1) is 15.3. The van der Waals surface area contributed by atoms with Crippen molar-refractivity contribution in [3.05, 3.63) is 43.6 Å². The van der Waals surface area contributed by atoms with E-state index in [2.05, 4.69) is 0 Å². The molecule has 0 amide bonds. The van der Waals surface area contributed by atoms with Crippen LogP contribution in [0.2, 0.25) is 10.0 Å². The number of aliphatic carboxylic acids is 1. The molecule has 1 aromatic carbocycles. The zero-order chi connectivity index (χ0) is 14.6. The molecule has 102 valence electrons. The molecule has 0 atom stereocenters. The molecular formula is C11H9Cl2NO5. The first-order valence-corrected chi connectivity index (χ1v) is 5.73. The minimum absolute atomic E-state index is 0.0367. The van der Waals surface area contributed by atoms with Gasteiger partial charge < -0.3 is 9.84 Å². The summed E-state index contributed by atoms with van der Waals surface area (Å²) >= 11 is 11.7. The maximum atomic E-state index is 10.6. The third-order valence-electron chi connectivity index (χ3n) is 2.03. The summed E-state index contributed by atoms with van der Waals surface area (Å²) in [6.07, 6.45) is 1.20. The SMILES string of the molecule is C/C(=C\c1cc(Cl)cc(Cl)c1OCC(=O)O)[N+](=O)[O-]. The van der Waals surface area contributed by atoms with Gasteiger partial charge in [-0.15, -0.1) is 0 Å².